The second kappa shape index (κ2) is 19.8. The fraction of sp³-hybridized carbons (Fsp3) is 0.641. The SMILES string of the molecule is C=CCCCC(CCC)/C(=C/C(=C)C1CCC(C)O1)c1cc(OC)c(OCCCCC(C)CCCCC)cc1C(=C)C. The lowest BCUT2D eigenvalue weighted by atomic mass is 9.81. The predicted molar refractivity (Wildman–Crippen MR) is 183 cm³/mol. The molecule has 4 unspecified atom stereocenters. The van der Waals surface area contributed by atoms with Crippen molar-refractivity contribution in [1.82, 2.24) is 0 Å². The van der Waals surface area contributed by atoms with Crippen molar-refractivity contribution in [2.24, 2.45) is 11.8 Å². The molecule has 1 aliphatic heterocycles. The van der Waals surface area contributed by atoms with Crippen LogP contribution in [0.3, 0.4) is 0 Å². The van der Waals surface area contributed by atoms with E-state index >= 15 is 0 Å². The summed E-state index contributed by atoms with van der Waals surface area (Å²) < 4.78 is 18.5. The molecule has 0 bridgehead atoms. The molecular weight excluding hydrogens is 516 g/mol. The number of allylic oxidation sites excluding steroid dienone is 3. The highest BCUT2D eigenvalue weighted by Crippen LogP contribution is 2.42. The Labute approximate surface area is 259 Å². The van der Waals surface area contributed by atoms with Gasteiger partial charge in [0, 0.05) is 0 Å². The normalized spacial score (nSPS) is 18.5. The maximum absolute atomic E-state index is 6.36. The van der Waals surface area contributed by atoms with Crippen LogP contribution in [-0.2, 0) is 4.74 Å². The summed E-state index contributed by atoms with van der Waals surface area (Å²) in [7, 11) is 1.74. The summed E-state index contributed by atoms with van der Waals surface area (Å²) in [5, 5.41) is 0. The van der Waals surface area contributed by atoms with Crippen molar-refractivity contribution in [3.8, 4) is 11.5 Å². The monoisotopic (exact) mass is 578 g/mol. The molecule has 2 rings (SSSR count). The van der Waals surface area contributed by atoms with Crippen LogP contribution in [0.1, 0.15) is 136 Å². The molecule has 0 aliphatic carbocycles. The molecular formula is C39H62O3. The molecule has 1 aromatic carbocycles. The van der Waals surface area contributed by atoms with Crippen LogP contribution in [0, 0.1) is 11.8 Å². The minimum absolute atomic E-state index is 0.0811. The van der Waals surface area contributed by atoms with Gasteiger partial charge in [0.2, 0.25) is 0 Å². The zero-order valence-electron chi connectivity index (χ0n) is 28.1. The lowest BCUT2D eigenvalue weighted by Crippen LogP contribution is -2.12. The van der Waals surface area contributed by atoms with E-state index in [2.05, 4.69) is 72.6 Å². The van der Waals surface area contributed by atoms with Crippen molar-refractivity contribution in [3.05, 3.63) is 60.7 Å². The van der Waals surface area contributed by atoms with Crippen molar-refractivity contribution < 1.29 is 14.2 Å². The van der Waals surface area contributed by atoms with Crippen LogP contribution in [0.2, 0.25) is 0 Å². The molecule has 0 amide bonds. The zero-order valence-corrected chi connectivity index (χ0v) is 28.1. The summed E-state index contributed by atoms with van der Waals surface area (Å²) in [6.07, 6.45) is 21.2. The summed E-state index contributed by atoms with van der Waals surface area (Å²) in [6.45, 7) is 24.7. The second-order valence-corrected chi connectivity index (χ2v) is 12.7. The van der Waals surface area contributed by atoms with E-state index in [1.165, 1.54) is 49.7 Å². The first kappa shape index (κ1) is 35.9. The van der Waals surface area contributed by atoms with Crippen LogP contribution < -0.4 is 9.47 Å². The summed E-state index contributed by atoms with van der Waals surface area (Å²) in [5.41, 5.74) is 5.71. The molecule has 3 heteroatoms. The van der Waals surface area contributed by atoms with E-state index < -0.39 is 0 Å². The van der Waals surface area contributed by atoms with Gasteiger partial charge in [0.15, 0.2) is 11.5 Å². The van der Waals surface area contributed by atoms with Gasteiger partial charge < -0.3 is 14.2 Å². The largest absolute Gasteiger partial charge is 0.493 e. The van der Waals surface area contributed by atoms with Crippen LogP contribution in [-0.4, -0.2) is 25.9 Å². The Balaban J connectivity index is 2.34. The summed E-state index contributed by atoms with van der Waals surface area (Å²) in [4.78, 5) is 0. The van der Waals surface area contributed by atoms with E-state index in [-0.39, 0.29) is 12.2 Å². The van der Waals surface area contributed by atoms with Crippen molar-refractivity contribution in [1.29, 1.82) is 0 Å². The number of unbranched alkanes of at least 4 members (excludes halogenated alkanes) is 4. The molecule has 0 radical (unpaired) electrons. The van der Waals surface area contributed by atoms with Crippen molar-refractivity contribution in [2.75, 3.05) is 13.7 Å². The highest BCUT2D eigenvalue weighted by molar-refractivity contribution is 5.82. The molecule has 1 heterocycles. The molecule has 42 heavy (non-hydrogen) atoms. The molecule has 0 spiro atoms. The van der Waals surface area contributed by atoms with Gasteiger partial charge in [-0.3, -0.25) is 0 Å². The maximum atomic E-state index is 6.36. The van der Waals surface area contributed by atoms with Crippen molar-refractivity contribution in [3.63, 3.8) is 0 Å². The van der Waals surface area contributed by atoms with Gasteiger partial charge in [-0.2, -0.15) is 0 Å². The van der Waals surface area contributed by atoms with Gasteiger partial charge in [-0.05, 0) is 111 Å². The minimum Gasteiger partial charge on any atom is -0.493 e. The number of rotatable bonds is 22. The smallest absolute Gasteiger partial charge is 0.161 e. The van der Waals surface area contributed by atoms with E-state index in [9.17, 15) is 0 Å². The Morgan fingerprint density at radius 3 is 2.26 bits per heavy atom. The molecule has 0 saturated carbocycles. The van der Waals surface area contributed by atoms with Crippen LogP contribution in [0.15, 0.2) is 49.6 Å². The van der Waals surface area contributed by atoms with E-state index in [0.717, 1.165) is 85.5 Å². The Morgan fingerprint density at radius 1 is 0.952 bits per heavy atom. The lowest BCUT2D eigenvalue weighted by molar-refractivity contribution is 0.0789. The van der Waals surface area contributed by atoms with Gasteiger partial charge in [0.25, 0.3) is 0 Å². The first-order chi connectivity index (χ1) is 20.2. The summed E-state index contributed by atoms with van der Waals surface area (Å²) >= 11 is 0. The van der Waals surface area contributed by atoms with Crippen molar-refractivity contribution >= 4 is 11.1 Å². The standard InChI is InChI=1S/C39H62O3/c1-10-13-15-20-30(6)21-17-18-25-41-39-27-34(29(4)5)36(28-38(39)40-9)35(33(19-12-3)22-16-14-11-2)26-31(7)37-24-23-32(8)42-37/h11,26-28,30,32-33,37H,2,4,7,10,12-25H2,1,3,5-6,8-9H3/b35-26-. The third kappa shape index (κ3) is 11.8. The molecule has 1 fully saturated rings. The average molecular weight is 579 g/mol. The van der Waals surface area contributed by atoms with Gasteiger partial charge in [-0.1, -0.05) is 90.2 Å². The van der Waals surface area contributed by atoms with Gasteiger partial charge in [0.05, 0.1) is 25.9 Å². The zero-order chi connectivity index (χ0) is 30.9. The van der Waals surface area contributed by atoms with Crippen LogP contribution in [0.5, 0.6) is 11.5 Å². The van der Waals surface area contributed by atoms with E-state index in [1.807, 2.05) is 6.08 Å². The highest BCUT2D eigenvalue weighted by atomic mass is 16.5. The molecule has 0 aromatic heterocycles. The molecule has 236 valence electrons. The molecule has 3 nitrogen and oxygen atoms in total. The van der Waals surface area contributed by atoms with Crippen LogP contribution in [0.4, 0.5) is 0 Å². The molecule has 1 saturated heterocycles. The third-order valence-electron chi connectivity index (χ3n) is 8.75. The van der Waals surface area contributed by atoms with Crippen molar-refractivity contribution in [2.45, 2.75) is 137 Å². The maximum Gasteiger partial charge on any atom is 0.161 e. The Kier molecular flexibility index (Phi) is 17.0. The number of methoxy groups -OCH3 is 1. The fourth-order valence-electron chi connectivity index (χ4n) is 6.18. The number of ether oxygens (including phenoxy) is 3. The summed E-state index contributed by atoms with van der Waals surface area (Å²) in [6, 6.07) is 4.34. The third-order valence-corrected chi connectivity index (χ3v) is 8.75. The molecule has 4 atom stereocenters. The molecule has 1 aromatic rings. The van der Waals surface area contributed by atoms with Gasteiger partial charge >= 0.3 is 0 Å². The second-order valence-electron chi connectivity index (χ2n) is 12.7. The van der Waals surface area contributed by atoms with Gasteiger partial charge in [-0.25, -0.2) is 0 Å². The fourth-order valence-corrected chi connectivity index (χ4v) is 6.18. The van der Waals surface area contributed by atoms with Gasteiger partial charge in [-0.15, -0.1) is 6.58 Å². The average Bonchev–Trinajstić information content (AvgIpc) is 3.41. The molecule has 0 N–H and O–H groups in total. The predicted octanol–water partition coefficient (Wildman–Crippen LogP) is 11.8. The Morgan fingerprint density at radius 2 is 1.67 bits per heavy atom. The topological polar surface area (TPSA) is 27.7 Å². The Bertz CT molecular complexity index is 1000. The molecule has 1 aliphatic rings. The summed E-state index contributed by atoms with van der Waals surface area (Å²) in [5.74, 6) is 2.78. The van der Waals surface area contributed by atoms with Crippen LogP contribution in [0.25, 0.3) is 11.1 Å². The first-order valence-corrected chi connectivity index (χ1v) is 16.9. The number of hydrogen-bond acceptors (Lipinski definition) is 3. The Hall–Kier alpha value is -2.26. The van der Waals surface area contributed by atoms with Crippen LogP contribution >= 0.6 is 0 Å². The first-order valence-electron chi connectivity index (χ1n) is 16.9. The van der Waals surface area contributed by atoms with E-state index in [0.29, 0.717) is 12.5 Å². The minimum atomic E-state index is 0.0811. The van der Waals surface area contributed by atoms with E-state index in [1.54, 1.807) is 7.11 Å². The highest BCUT2D eigenvalue weighted by Gasteiger charge is 2.26. The quantitative estimate of drug-likeness (QED) is 0.0778. The lowest BCUT2D eigenvalue weighted by Gasteiger charge is -2.26. The number of benzene rings is 1. The van der Waals surface area contributed by atoms with E-state index in [4.69, 9.17) is 14.2 Å². The van der Waals surface area contributed by atoms with Gasteiger partial charge in [0.1, 0.15) is 0 Å². The number of hydrogen-bond donors (Lipinski definition) is 0.